The molecule has 16 heavy (non-hydrogen) atoms. The van der Waals surface area contributed by atoms with Gasteiger partial charge in [0, 0.05) is 11.8 Å². The van der Waals surface area contributed by atoms with Crippen molar-refractivity contribution in [3.05, 3.63) is 29.8 Å². The Morgan fingerprint density at radius 1 is 1.38 bits per heavy atom. The van der Waals surface area contributed by atoms with E-state index < -0.39 is 0 Å². The molecule has 0 atom stereocenters. The Kier molecular flexibility index (Phi) is 3.53. The van der Waals surface area contributed by atoms with Crippen LogP contribution in [0.1, 0.15) is 5.56 Å². The van der Waals surface area contributed by atoms with Gasteiger partial charge in [0.15, 0.2) is 4.34 Å². The van der Waals surface area contributed by atoms with E-state index in [1.807, 2.05) is 12.3 Å². The molecule has 0 unspecified atom stereocenters. The lowest BCUT2D eigenvalue weighted by atomic mass is 10.2. The second-order valence-electron chi connectivity index (χ2n) is 2.87. The molecule has 0 amide bonds. The predicted molar refractivity (Wildman–Crippen MR) is 67.1 cm³/mol. The summed E-state index contributed by atoms with van der Waals surface area (Å²) in [6.07, 6.45) is 3.52. The number of phenols is 1. The van der Waals surface area contributed by atoms with Gasteiger partial charge in [-0.3, -0.25) is 0 Å². The van der Waals surface area contributed by atoms with Crippen LogP contribution in [0.4, 0.5) is 5.13 Å². The number of aliphatic imine (C=N–C) groups is 1. The molecule has 1 N–H and O–H groups in total. The minimum atomic E-state index is 0.209. The van der Waals surface area contributed by atoms with Crippen LogP contribution in [-0.2, 0) is 0 Å². The Labute approximate surface area is 101 Å². The van der Waals surface area contributed by atoms with Crippen LogP contribution in [0.15, 0.2) is 33.6 Å². The van der Waals surface area contributed by atoms with Crippen molar-refractivity contribution in [3.63, 3.8) is 0 Å². The average molecular weight is 251 g/mol. The third kappa shape index (κ3) is 2.59. The molecule has 2 rings (SSSR count). The van der Waals surface area contributed by atoms with Crippen molar-refractivity contribution >= 4 is 34.4 Å². The Morgan fingerprint density at radius 2 is 2.19 bits per heavy atom. The standard InChI is InChI=1S/C10H9N3OS2/c1-15-10-13-12-9(16-10)11-6-7-4-2-3-5-8(7)14/h2-6,14H,1H3. The number of rotatable bonds is 3. The molecule has 0 aliphatic carbocycles. The molecule has 6 heteroatoms. The Bertz CT molecular complexity index is 510. The summed E-state index contributed by atoms with van der Waals surface area (Å²) < 4.78 is 0.879. The quantitative estimate of drug-likeness (QED) is 0.673. The van der Waals surface area contributed by atoms with Gasteiger partial charge < -0.3 is 5.11 Å². The van der Waals surface area contributed by atoms with Gasteiger partial charge in [-0.05, 0) is 18.4 Å². The highest BCUT2D eigenvalue weighted by atomic mass is 32.2. The fraction of sp³-hybridized carbons (Fsp3) is 0.100. The predicted octanol–water partition coefficient (Wildman–Crippen LogP) is 2.72. The highest BCUT2D eigenvalue weighted by molar-refractivity contribution is 8.00. The molecule has 0 radical (unpaired) electrons. The molecule has 0 bridgehead atoms. The van der Waals surface area contributed by atoms with E-state index in [0.717, 1.165) is 4.34 Å². The SMILES string of the molecule is CSc1nnc(N=Cc2ccccc2O)s1. The van der Waals surface area contributed by atoms with Crippen LogP contribution in [0.3, 0.4) is 0 Å². The van der Waals surface area contributed by atoms with Gasteiger partial charge in [0.05, 0.1) is 0 Å². The van der Waals surface area contributed by atoms with E-state index in [1.54, 1.807) is 24.4 Å². The van der Waals surface area contributed by atoms with Gasteiger partial charge in [0.2, 0.25) is 5.13 Å². The second-order valence-corrected chi connectivity index (χ2v) is 4.88. The smallest absolute Gasteiger partial charge is 0.232 e. The molecule has 0 saturated carbocycles. The summed E-state index contributed by atoms with van der Waals surface area (Å²) in [6, 6.07) is 7.02. The highest BCUT2D eigenvalue weighted by Crippen LogP contribution is 2.25. The second kappa shape index (κ2) is 5.09. The first-order valence-electron chi connectivity index (χ1n) is 4.49. The van der Waals surface area contributed by atoms with Gasteiger partial charge in [-0.15, -0.1) is 10.2 Å². The minimum absolute atomic E-state index is 0.209. The summed E-state index contributed by atoms with van der Waals surface area (Å²) in [5, 5.41) is 17.9. The van der Waals surface area contributed by atoms with Crippen LogP contribution in [0.2, 0.25) is 0 Å². The lowest BCUT2D eigenvalue weighted by Gasteiger charge is -1.94. The van der Waals surface area contributed by atoms with E-state index >= 15 is 0 Å². The zero-order valence-corrected chi connectivity index (χ0v) is 10.1. The third-order valence-electron chi connectivity index (χ3n) is 1.82. The van der Waals surface area contributed by atoms with Crippen molar-refractivity contribution in [2.24, 2.45) is 4.99 Å². The molecule has 1 aromatic heterocycles. The van der Waals surface area contributed by atoms with Gasteiger partial charge in [-0.2, -0.15) is 0 Å². The van der Waals surface area contributed by atoms with Gasteiger partial charge in [0.25, 0.3) is 0 Å². The number of para-hydroxylation sites is 1. The lowest BCUT2D eigenvalue weighted by Crippen LogP contribution is -1.80. The average Bonchev–Trinajstić information content (AvgIpc) is 2.76. The number of nitrogens with zero attached hydrogens (tertiary/aromatic N) is 3. The highest BCUT2D eigenvalue weighted by Gasteiger charge is 2.00. The van der Waals surface area contributed by atoms with Gasteiger partial charge in [-0.1, -0.05) is 35.2 Å². The van der Waals surface area contributed by atoms with Crippen LogP contribution >= 0.6 is 23.1 Å². The fourth-order valence-electron chi connectivity index (χ4n) is 1.06. The molecule has 2 aromatic rings. The molecule has 0 fully saturated rings. The van der Waals surface area contributed by atoms with Crippen molar-refractivity contribution in [2.75, 3.05) is 6.26 Å². The first-order valence-corrected chi connectivity index (χ1v) is 6.53. The molecule has 0 aliphatic rings. The topological polar surface area (TPSA) is 58.4 Å². The normalized spacial score (nSPS) is 11.1. The number of hydrogen-bond acceptors (Lipinski definition) is 6. The maximum atomic E-state index is 9.51. The molecule has 0 spiro atoms. The van der Waals surface area contributed by atoms with Crippen LogP contribution in [0, 0.1) is 0 Å². The van der Waals surface area contributed by atoms with E-state index in [4.69, 9.17) is 0 Å². The summed E-state index contributed by atoms with van der Waals surface area (Å²) in [7, 11) is 0. The third-order valence-corrected chi connectivity index (χ3v) is 3.63. The summed E-state index contributed by atoms with van der Waals surface area (Å²) in [5.74, 6) is 0.209. The van der Waals surface area contributed by atoms with Crippen molar-refractivity contribution in [2.45, 2.75) is 4.34 Å². The molecule has 1 aromatic carbocycles. The Morgan fingerprint density at radius 3 is 2.88 bits per heavy atom. The minimum Gasteiger partial charge on any atom is -0.507 e. The number of hydrogen-bond donors (Lipinski definition) is 1. The summed E-state index contributed by atoms with van der Waals surface area (Å²) in [4.78, 5) is 4.15. The number of aromatic nitrogens is 2. The van der Waals surface area contributed by atoms with E-state index in [1.165, 1.54) is 23.1 Å². The monoisotopic (exact) mass is 251 g/mol. The summed E-state index contributed by atoms with van der Waals surface area (Å²) in [5.41, 5.74) is 0.670. The van der Waals surface area contributed by atoms with Gasteiger partial charge >= 0.3 is 0 Å². The number of thioether (sulfide) groups is 1. The number of aromatic hydroxyl groups is 1. The van der Waals surface area contributed by atoms with Crippen LogP contribution in [-0.4, -0.2) is 27.8 Å². The van der Waals surface area contributed by atoms with Crippen molar-refractivity contribution < 1.29 is 5.11 Å². The van der Waals surface area contributed by atoms with E-state index in [2.05, 4.69) is 15.2 Å². The van der Waals surface area contributed by atoms with E-state index in [9.17, 15) is 5.11 Å². The molecule has 82 valence electrons. The first-order chi connectivity index (χ1) is 7.79. The Balaban J connectivity index is 2.18. The maximum Gasteiger partial charge on any atom is 0.232 e. The molecule has 0 aliphatic heterocycles. The molecular formula is C10H9N3OS2. The van der Waals surface area contributed by atoms with Crippen LogP contribution < -0.4 is 0 Å². The largest absolute Gasteiger partial charge is 0.507 e. The van der Waals surface area contributed by atoms with Gasteiger partial charge in [-0.25, -0.2) is 4.99 Å². The molecule has 1 heterocycles. The molecular weight excluding hydrogens is 242 g/mol. The van der Waals surface area contributed by atoms with Crippen molar-refractivity contribution in [1.82, 2.24) is 10.2 Å². The number of benzene rings is 1. The van der Waals surface area contributed by atoms with Crippen LogP contribution in [0.5, 0.6) is 5.75 Å². The fourth-order valence-corrected chi connectivity index (χ4v) is 2.16. The van der Waals surface area contributed by atoms with E-state index in [-0.39, 0.29) is 5.75 Å². The molecule has 0 saturated heterocycles. The zero-order chi connectivity index (χ0) is 11.4. The zero-order valence-electron chi connectivity index (χ0n) is 8.49. The summed E-state index contributed by atoms with van der Waals surface area (Å²) >= 11 is 2.96. The number of phenolic OH excluding ortho intramolecular Hbond substituents is 1. The lowest BCUT2D eigenvalue weighted by molar-refractivity contribution is 0.474. The summed E-state index contributed by atoms with van der Waals surface area (Å²) in [6.45, 7) is 0. The van der Waals surface area contributed by atoms with Gasteiger partial charge in [0.1, 0.15) is 5.75 Å². The Hall–Kier alpha value is -1.40. The maximum absolute atomic E-state index is 9.51. The molecule has 4 nitrogen and oxygen atoms in total. The van der Waals surface area contributed by atoms with Crippen molar-refractivity contribution in [1.29, 1.82) is 0 Å². The van der Waals surface area contributed by atoms with Crippen LogP contribution in [0.25, 0.3) is 0 Å². The first kappa shape index (κ1) is 11.1. The van der Waals surface area contributed by atoms with E-state index in [0.29, 0.717) is 10.7 Å². The van der Waals surface area contributed by atoms with Crippen molar-refractivity contribution in [3.8, 4) is 5.75 Å².